The molecule has 0 aliphatic rings. The van der Waals surface area contributed by atoms with Gasteiger partial charge in [0.05, 0.1) is 5.56 Å². The maximum Gasteiger partial charge on any atom is 0.338 e. The number of anilines is 1. The van der Waals surface area contributed by atoms with Crippen molar-refractivity contribution in [3.63, 3.8) is 0 Å². The van der Waals surface area contributed by atoms with Crippen LogP contribution in [0.25, 0.3) is 0 Å². The van der Waals surface area contributed by atoms with E-state index in [0.717, 1.165) is 23.2 Å². The Morgan fingerprint density at radius 1 is 0.963 bits per heavy atom. The molecule has 27 heavy (non-hydrogen) atoms. The van der Waals surface area contributed by atoms with Crippen LogP contribution in [0.3, 0.4) is 0 Å². The molecular weight excluding hydrogens is 338 g/mol. The van der Waals surface area contributed by atoms with Gasteiger partial charge in [0.25, 0.3) is 5.91 Å². The normalized spacial score (nSPS) is 13.1. The van der Waals surface area contributed by atoms with E-state index in [1.165, 1.54) is 0 Å². The maximum atomic E-state index is 12.5. The van der Waals surface area contributed by atoms with E-state index in [9.17, 15) is 9.59 Å². The van der Waals surface area contributed by atoms with E-state index < -0.39 is 12.1 Å². The van der Waals surface area contributed by atoms with Crippen LogP contribution in [0.4, 0.5) is 5.69 Å². The third kappa shape index (κ3) is 5.43. The van der Waals surface area contributed by atoms with E-state index in [1.54, 1.807) is 19.1 Å². The van der Waals surface area contributed by atoms with Gasteiger partial charge in [-0.15, -0.1) is 0 Å². The minimum atomic E-state index is -0.882. The quantitative estimate of drug-likeness (QED) is 0.657. The number of nitrogens with one attached hydrogen (secondary N) is 1. The zero-order valence-electron chi connectivity index (χ0n) is 16.8. The molecule has 0 aliphatic heterocycles. The Morgan fingerprint density at radius 3 is 2.19 bits per heavy atom. The van der Waals surface area contributed by atoms with Gasteiger partial charge in [-0.2, -0.15) is 0 Å². The second-order valence-electron chi connectivity index (χ2n) is 7.21. The topological polar surface area (TPSA) is 55.4 Å². The number of ether oxygens (including phenoxy) is 1. The highest BCUT2D eigenvalue weighted by Gasteiger charge is 2.20. The Kier molecular flexibility index (Phi) is 7.17. The molecule has 4 heteroatoms. The van der Waals surface area contributed by atoms with Gasteiger partial charge < -0.3 is 10.1 Å². The lowest BCUT2D eigenvalue weighted by molar-refractivity contribution is -0.123. The van der Waals surface area contributed by atoms with Crippen molar-refractivity contribution in [3.8, 4) is 0 Å². The molecule has 1 N–H and O–H groups in total. The average molecular weight is 367 g/mol. The molecule has 0 aliphatic carbocycles. The summed E-state index contributed by atoms with van der Waals surface area (Å²) < 4.78 is 5.35. The first kappa shape index (κ1) is 20.7. The zero-order valence-corrected chi connectivity index (χ0v) is 16.8. The van der Waals surface area contributed by atoms with Crippen molar-refractivity contribution < 1.29 is 14.3 Å². The highest BCUT2D eigenvalue weighted by Crippen LogP contribution is 2.26. The number of esters is 1. The average Bonchev–Trinajstić information content (AvgIpc) is 2.67. The lowest BCUT2D eigenvalue weighted by atomic mass is 9.97. The van der Waals surface area contributed by atoms with E-state index >= 15 is 0 Å². The predicted octanol–water partition coefficient (Wildman–Crippen LogP) is 5.51. The standard InChI is InChI=1S/C23H29NO3/c1-6-16(4)20-9-7-8-10-21(20)24-22(25)17(5)27-23(26)19-13-11-18(12-14-19)15(2)3/h7-17H,6H2,1-5H3,(H,24,25)/t16-,17-/m0/s1. The van der Waals surface area contributed by atoms with Crippen LogP contribution in [-0.4, -0.2) is 18.0 Å². The van der Waals surface area contributed by atoms with Crippen LogP contribution in [0.1, 0.15) is 74.4 Å². The summed E-state index contributed by atoms with van der Waals surface area (Å²) in [5, 5.41) is 2.89. The largest absolute Gasteiger partial charge is 0.449 e. The Morgan fingerprint density at radius 2 is 1.59 bits per heavy atom. The van der Waals surface area contributed by atoms with Crippen LogP contribution in [0.2, 0.25) is 0 Å². The van der Waals surface area contributed by atoms with Crippen molar-refractivity contribution in [2.45, 2.75) is 59.0 Å². The highest BCUT2D eigenvalue weighted by molar-refractivity contribution is 5.97. The monoisotopic (exact) mass is 367 g/mol. The molecule has 2 atom stereocenters. The first-order valence-corrected chi connectivity index (χ1v) is 9.54. The zero-order chi connectivity index (χ0) is 20.0. The van der Waals surface area contributed by atoms with Crippen molar-refractivity contribution in [3.05, 3.63) is 65.2 Å². The molecule has 2 aromatic rings. The molecule has 0 radical (unpaired) electrons. The first-order chi connectivity index (χ1) is 12.8. The van der Waals surface area contributed by atoms with Crippen molar-refractivity contribution in [2.75, 3.05) is 5.32 Å². The van der Waals surface area contributed by atoms with Gasteiger partial charge in [0.15, 0.2) is 6.10 Å². The molecule has 0 saturated heterocycles. The van der Waals surface area contributed by atoms with Gasteiger partial charge in [0.1, 0.15) is 0 Å². The minimum absolute atomic E-state index is 0.332. The number of rotatable bonds is 7. The van der Waals surface area contributed by atoms with Crippen LogP contribution in [0.5, 0.6) is 0 Å². The molecule has 0 saturated carbocycles. The number of carbonyl (C=O) groups is 2. The maximum absolute atomic E-state index is 12.5. The second kappa shape index (κ2) is 9.36. The fourth-order valence-corrected chi connectivity index (χ4v) is 2.78. The SMILES string of the molecule is CC[C@H](C)c1ccccc1NC(=O)[C@H](C)OC(=O)c1ccc(C(C)C)cc1. The summed E-state index contributed by atoms with van der Waals surface area (Å²) in [5.41, 5.74) is 3.44. The third-order valence-corrected chi connectivity index (χ3v) is 4.83. The summed E-state index contributed by atoms with van der Waals surface area (Å²) >= 11 is 0. The molecule has 0 fully saturated rings. The first-order valence-electron chi connectivity index (χ1n) is 9.54. The second-order valence-corrected chi connectivity index (χ2v) is 7.21. The van der Waals surface area contributed by atoms with Crippen LogP contribution >= 0.6 is 0 Å². The number of amides is 1. The fourth-order valence-electron chi connectivity index (χ4n) is 2.78. The van der Waals surface area contributed by atoms with Crippen molar-refractivity contribution in [1.82, 2.24) is 0 Å². The molecule has 0 aromatic heterocycles. The summed E-state index contributed by atoms with van der Waals surface area (Å²) in [6.45, 7) is 10.0. The number of para-hydroxylation sites is 1. The minimum Gasteiger partial charge on any atom is -0.449 e. The smallest absolute Gasteiger partial charge is 0.338 e. The van der Waals surface area contributed by atoms with Gasteiger partial charge in [0.2, 0.25) is 0 Å². The van der Waals surface area contributed by atoms with E-state index in [0.29, 0.717) is 17.4 Å². The summed E-state index contributed by atoms with van der Waals surface area (Å²) in [4.78, 5) is 24.8. The molecular formula is C23H29NO3. The van der Waals surface area contributed by atoms with Crippen molar-refractivity contribution in [1.29, 1.82) is 0 Å². The van der Waals surface area contributed by atoms with Crippen LogP contribution < -0.4 is 5.32 Å². The molecule has 144 valence electrons. The molecule has 0 bridgehead atoms. The van der Waals surface area contributed by atoms with Gasteiger partial charge in [-0.3, -0.25) is 4.79 Å². The van der Waals surface area contributed by atoms with Crippen molar-refractivity contribution >= 4 is 17.6 Å². The number of benzene rings is 2. The summed E-state index contributed by atoms with van der Waals surface area (Å²) in [6.07, 6.45) is 0.0938. The molecule has 2 aromatic carbocycles. The summed E-state index contributed by atoms with van der Waals surface area (Å²) in [7, 11) is 0. The van der Waals surface area contributed by atoms with Gasteiger partial charge in [0, 0.05) is 5.69 Å². The molecule has 0 unspecified atom stereocenters. The van der Waals surface area contributed by atoms with Gasteiger partial charge >= 0.3 is 5.97 Å². The predicted molar refractivity (Wildman–Crippen MR) is 109 cm³/mol. The van der Waals surface area contributed by atoms with Gasteiger partial charge in [-0.25, -0.2) is 4.79 Å². The summed E-state index contributed by atoms with van der Waals surface area (Å²) in [5.74, 6) is -0.106. The molecule has 0 spiro atoms. The number of hydrogen-bond donors (Lipinski definition) is 1. The fraction of sp³-hybridized carbons (Fsp3) is 0.391. The van der Waals surface area contributed by atoms with Crippen molar-refractivity contribution in [2.24, 2.45) is 0 Å². The Labute approximate surface area is 161 Å². The Balaban J connectivity index is 2.02. The molecule has 4 nitrogen and oxygen atoms in total. The van der Waals surface area contributed by atoms with E-state index in [4.69, 9.17) is 4.74 Å². The van der Waals surface area contributed by atoms with E-state index in [1.807, 2.05) is 36.4 Å². The van der Waals surface area contributed by atoms with Gasteiger partial charge in [-0.1, -0.05) is 58.0 Å². The Hall–Kier alpha value is -2.62. The lowest BCUT2D eigenvalue weighted by Crippen LogP contribution is -2.30. The molecule has 1 amide bonds. The molecule has 2 rings (SSSR count). The van der Waals surface area contributed by atoms with E-state index in [-0.39, 0.29) is 5.91 Å². The summed E-state index contributed by atoms with van der Waals surface area (Å²) in [6, 6.07) is 15.0. The van der Waals surface area contributed by atoms with Crippen LogP contribution in [0, 0.1) is 0 Å². The van der Waals surface area contributed by atoms with Crippen LogP contribution in [0.15, 0.2) is 48.5 Å². The third-order valence-electron chi connectivity index (χ3n) is 4.83. The lowest BCUT2D eigenvalue weighted by Gasteiger charge is -2.18. The number of hydrogen-bond acceptors (Lipinski definition) is 3. The number of carbonyl (C=O) groups excluding carboxylic acids is 2. The van der Waals surface area contributed by atoms with Crippen LogP contribution in [-0.2, 0) is 9.53 Å². The highest BCUT2D eigenvalue weighted by atomic mass is 16.5. The molecule has 0 heterocycles. The Bertz CT molecular complexity index is 780. The van der Waals surface area contributed by atoms with E-state index in [2.05, 4.69) is 33.0 Å². The van der Waals surface area contributed by atoms with Gasteiger partial charge in [-0.05, 0) is 54.5 Å².